The molecule has 0 aliphatic rings. The number of carbonyl (C=O) groups is 2. The van der Waals surface area contributed by atoms with Crippen molar-refractivity contribution >= 4 is 61.5 Å². The summed E-state index contributed by atoms with van der Waals surface area (Å²) in [7, 11) is -4.15. The van der Waals surface area contributed by atoms with Crippen LogP contribution >= 0.6 is 33.9 Å². The molecule has 36 heavy (non-hydrogen) atoms. The van der Waals surface area contributed by atoms with Crippen LogP contribution in [0.15, 0.2) is 60.7 Å². The summed E-state index contributed by atoms with van der Waals surface area (Å²) in [5, 5.41) is 5.49. The molecule has 0 aliphatic carbocycles. The molecule has 0 radical (unpaired) electrons. The smallest absolute Gasteiger partial charge is 0.266 e. The van der Waals surface area contributed by atoms with Crippen LogP contribution < -0.4 is 10.6 Å². The van der Waals surface area contributed by atoms with Crippen molar-refractivity contribution in [2.75, 3.05) is 17.6 Å². The number of nitrogens with one attached hydrogen (secondary N) is 2. The lowest BCUT2D eigenvalue weighted by Crippen LogP contribution is -2.28. The monoisotopic (exact) mass is 640 g/mol. The summed E-state index contributed by atoms with van der Waals surface area (Å²) in [6.45, 7) is 6.22. The molecular weight excluding hydrogens is 611 g/mol. The maximum Gasteiger partial charge on any atom is 0.266 e. The summed E-state index contributed by atoms with van der Waals surface area (Å²) in [6.07, 6.45) is 0.397. The molecule has 0 spiro atoms. The first-order chi connectivity index (χ1) is 16.8. The van der Waals surface area contributed by atoms with E-state index in [-0.39, 0.29) is 17.9 Å². The first kappa shape index (κ1) is 28.3. The van der Waals surface area contributed by atoms with E-state index in [0.29, 0.717) is 17.0 Å². The highest BCUT2D eigenvalue weighted by Gasteiger charge is 2.24. The number of thiophene rings is 1. The Labute approximate surface area is 229 Å². The first-order valence-electron chi connectivity index (χ1n) is 11.3. The van der Waals surface area contributed by atoms with Crippen LogP contribution in [0, 0.1) is 3.57 Å². The van der Waals surface area contributed by atoms with Crippen molar-refractivity contribution in [2.24, 2.45) is 0 Å². The summed E-state index contributed by atoms with van der Waals surface area (Å²) in [4.78, 5) is 27.0. The van der Waals surface area contributed by atoms with E-state index >= 15 is 0 Å². The molecule has 3 aromatic rings. The SMILES string of the molecule is CC(C)(C)c1ccc(C(Cc2ccc(C(=O)NCCS(=O)(=O)O)s2)C(=O)Nc2ccc(I)cc2)cc1. The summed E-state index contributed by atoms with van der Waals surface area (Å²) in [5.74, 6) is -1.61. The lowest BCUT2D eigenvalue weighted by molar-refractivity contribution is -0.117. The molecule has 1 aromatic heterocycles. The highest BCUT2D eigenvalue weighted by atomic mass is 127. The fourth-order valence-corrected chi connectivity index (χ4v) is 5.22. The molecule has 1 unspecified atom stereocenters. The number of benzene rings is 2. The molecule has 1 heterocycles. The minimum Gasteiger partial charge on any atom is -0.350 e. The fraction of sp³-hybridized carbons (Fsp3) is 0.308. The van der Waals surface area contributed by atoms with Crippen molar-refractivity contribution < 1.29 is 22.6 Å². The Kier molecular flexibility index (Phi) is 9.31. The number of hydrogen-bond acceptors (Lipinski definition) is 5. The van der Waals surface area contributed by atoms with E-state index < -0.39 is 27.7 Å². The van der Waals surface area contributed by atoms with Crippen molar-refractivity contribution in [3.05, 3.63) is 85.1 Å². The molecule has 2 amide bonds. The van der Waals surface area contributed by atoms with Gasteiger partial charge in [-0.3, -0.25) is 14.1 Å². The second kappa shape index (κ2) is 11.8. The Morgan fingerprint density at radius 1 is 1.00 bits per heavy atom. The van der Waals surface area contributed by atoms with Gasteiger partial charge in [0, 0.05) is 20.7 Å². The lowest BCUT2D eigenvalue weighted by atomic mass is 9.85. The molecule has 0 bridgehead atoms. The molecule has 2 aromatic carbocycles. The van der Waals surface area contributed by atoms with E-state index in [4.69, 9.17) is 4.55 Å². The largest absolute Gasteiger partial charge is 0.350 e. The van der Waals surface area contributed by atoms with E-state index in [1.165, 1.54) is 16.9 Å². The highest BCUT2D eigenvalue weighted by Crippen LogP contribution is 2.30. The second-order valence-corrected chi connectivity index (χ2v) is 13.4. The lowest BCUT2D eigenvalue weighted by Gasteiger charge is -2.21. The number of hydrogen-bond donors (Lipinski definition) is 3. The molecule has 0 fully saturated rings. The molecule has 0 aliphatic heterocycles. The van der Waals surface area contributed by atoms with Gasteiger partial charge < -0.3 is 10.6 Å². The van der Waals surface area contributed by atoms with Gasteiger partial charge in [-0.15, -0.1) is 11.3 Å². The van der Waals surface area contributed by atoms with Crippen molar-refractivity contribution in [1.29, 1.82) is 0 Å². The van der Waals surface area contributed by atoms with Crippen molar-refractivity contribution in [2.45, 2.75) is 38.5 Å². The van der Waals surface area contributed by atoms with Crippen molar-refractivity contribution in [3.8, 4) is 0 Å². The Bertz CT molecular complexity index is 1310. The van der Waals surface area contributed by atoms with Crippen LogP contribution in [0.2, 0.25) is 0 Å². The van der Waals surface area contributed by atoms with Gasteiger partial charge in [-0.1, -0.05) is 45.0 Å². The normalized spacial score (nSPS) is 12.7. The van der Waals surface area contributed by atoms with Crippen LogP contribution in [-0.2, 0) is 26.7 Å². The molecule has 10 heteroatoms. The third-order valence-electron chi connectivity index (χ3n) is 5.54. The van der Waals surface area contributed by atoms with Crippen LogP contribution in [0.25, 0.3) is 0 Å². The van der Waals surface area contributed by atoms with Crippen LogP contribution in [0.4, 0.5) is 5.69 Å². The van der Waals surface area contributed by atoms with Crippen LogP contribution in [0.3, 0.4) is 0 Å². The predicted octanol–water partition coefficient (Wildman–Crippen LogP) is 5.23. The van der Waals surface area contributed by atoms with E-state index in [2.05, 4.69) is 54.0 Å². The summed E-state index contributed by atoms with van der Waals surface area (Å²) in [5.41, 5.74) is 2.74. The molecule has 0 saturated heterocycles. The van der Waals surface area contributed by atoms with E-state index in [0.717, 1.165) is 14.0 Å². The van der Waals surface area contributed by atoms with Crippen molar-refractivity contribution in [1.82, 2.24) is 5.32 Å². The quantitative estimate of drug-likeness (QED) is 0.219. The van der Waals surface area contributed by atoms with Crippen LogP contribution in [0.5, 0.6) is 0 Å². The first-order valence-corrected chi connectivity index (χ1v) is 14.8. The van der Waals surface area contributed by atoms with E-state index in [9.17, 15) is 18.0 Å². The van der Waals surface area contributed by atoms with Gasteiger partial charge in [-0.25, -0.2) is 0 Å². The van der Waals surface area contributed by atoms with Gasteiger partial charge in [0.1, 0.15) is 0 Å². The summed E-state index contributed by atoms with van der Waals surface area (Å²) < 4.78 is 31.6. The second-order valence-electron chi connectivity index (χ2n) is 9.43. The van der Waals surface area contributed by atoms with Crippen LogP contribution in [-0.4, -0.2) is 37.1 Å². The number of anilines is 1. The van der Waals surface area contributed by atoms with Gasteiger partial charge in [0.2, 0.25) is 5.91 Å². The van der Waals surface area contributed by atoms with Gasteiger partial charge in [-0.2, -0.15) is 8.42 Å². The fourth-order valence-electron chi connectivity index (χ4n) is 3.53. The Balaban J connectivity index is 1.80. The van der Waals surface area contributed by atoms with Crippen LogP contribution in [0.1, 0.15) is 52.4 Å². The molecule has 192 valence electrons. The zero-order chi connectivity index (χ0) is 26.5. The molecule has 7 nitrogen and oxygen atoms in total. The van der Waals surface area contributed by atoms with Gasteiger partial charge in [-0.05, 0) is 82.0 Å². The highest BCUT2D eigenvalue weighted by molar-refractivity contribution is 14.1. The summed E-state index contributed by atoms with van der Waals surface area (Å²) >= 11 is 3.46. The van der Waals surface area contributed by atoms with Crippen molar-refractivity contribution in [3.63, 3.8) is 0 Å². The average molecular weight is 641 g/mol. The molecule has 3 N–H and O–H groups in total. The Morgan fingerprint density at radius 2 is 1.64 bits per heavy atom. The number of halogens is 1. The maximum absolute atomic E-state index is 13.4. The zero-order valence-electron chi connectivity index (χ0n) is 20.2. The van der Waals surface area contributed by atoms with Gasteiger partial charge >= 0.3 is 0 Å². The topological polar surface area (TPSA) is 113 Å². The van der Waals surface area contributed by atoms with Gasteiger partial charge in [0.05, 0.1) is 16.5 Å². The number of carbonyl (C=O) groups excluding carboxylic acids is 2. The molecule has 1 atom stereocenters. The zero-order valence-corrected chi connectivity index (χ0v) is 24.0. The standard InChI is InChI=1S/C26H29IN2O5S2/c1-26(2,3)18-6-4-17(5-7-18)22(24(30)29-20-10-8-19(27)9-11-20)16-21-12-13-23(35-21)25(31)28-14-15-36(32,33)34/h4-13,22H,14-16H2,1-3H3,(H,28,31)(H,29,30)(H,32,33,34). The number of amides is 2. The number of rotatable bonds is 9. The predicted molar refractivity (Wildman–Crippen MR) is 152 cm³/mol. The van der Waals surface area contributed by atoms with Gasteiger partial charge in [0.25, 0.3) is 16.0 Å². The van der Waals surface area contributed by atoms with Gasteiger partial charge in [0.15, 0.2) is 0 Å². The summed E-state index contributed by atoms with van der Waals surface area (Å²) in [6, 6.07) is 19.1. The Morgan fingerprint density at radius 3 is 2.22 bits per heavy atom. The maximum atomic E-state index is 13.4. The van der Waals surface area contributed by atoms with E-state index in [1.807, 2.05) is 48.5 Å². The third-order valence-corrected chi connectivity index (χ3v) is 8.09. The minimum atomic E-state index is -4.15. The average Bonchev–Trinajstić information content (AvgIpc) is 3.26. The van der Waals surface area contributed by atoms with E-state index in [1.54, 1.807) is 12.1 Å². The Hall–Kier alpha value is -2.28. The molecular formula is C26H29IN2O5S2. The molecule has 3 rings (SSSR count). The third kappa shape index (κ3) is 8.39. The minimum absolute atomic E-state index is 0.0111. The molecule has 0 saturated carbocycles.